The Bertz CT molecular complexity index is 903. The van der Waals surface area contributed by atoms with Crippen molar-refractivity contribution in [2.45, 2.75) is 25.3 Å². The van der Waals surface area contributed by atoms with Crippen LogP contribution < -0.4 is 10.9 Å². The van der Waals surface area contributed by atoms with Crippen LogP contribution in [0.25, 0.3) is 5.69 Å². The van der Waals surface area contributed by atoms with Gasteiger partial charge in [0.15, 0.2) is 5.82 Å². The third-order valence-corrected chi connectivity index (χ3v) is 4.75. The maximum absolute atomic E-state index is 13.9. The number of hydrogen-bond acceptors (Lipinski definition) is 5. The normalized spacial score (nSPS) is 19.4. The van der Waals surface area contributed by atoms with Crippen LogP contribution in [-0.4, -0.2) is 28.9 Å². The molecular weight excluding hydrogens is 368 g/mol. The molecule has 0 radical (unpaired) electrons. The zero-order valence-corrected chi connectivity index (χ0v) is 14.6. The molecule has 0 amide bonds. The largest absolute Gasteiger partial charge is 0.469 e. The Kier molecular flexibility index (Phi) is 5.22. The van der Waals surface area contributed by atoms with Gasteiger partial charge in [0, 0.05) is 12.1 Å². The van der Waals surface area contributed by atoms with Crippen LogP contribution in [0.5, 0.6) is 0 Å². The van der Waals surface area contributed by atoms with Crippen molar-refractivity contribution in [3.8, 4) is 5.69 Å². The van der Waals surface area contributed by atoms with E-state index in [-0.39, 0.29) is 28.6 Å². The van der Waals surface area contributed by atoms with Gasteiger partial charge in [-0.15, -0.1) is 0 Å². The van der Waals surface area contributed by atoms with Crippen molar-refractivity contribution in [2.24, 2.45) is 5.92 Å². The monoisotopic (exact) mass is 383 g/mol. The Labute approximate surface area is 152 Å². The molecule has 1 N–H and O–H groups in total. The van der Waals surface area contributed by atoms with Gasteiger partial charge in [0.1, 0.15) is 16.5 Å². The fourth-order valence-electron chi connectivity index (χ4n) is 3.07. The number of anilines is 1. The van der Waals surface area contributed by atoms with Gasteiger partial charge in [0.2, 0.25) is 0 Å². The number of esters is 1. The van der Waals surface area contributed by atoms with Crippen molar-refractivity contribution in [2.75, 3.05) is 12.4 Å². The lowest BCUT2D eigenvalue weighted by Gasteiger charge is -2.16. The Morgan fingerprint density at radius 3 is 2.85 bits per heavy atom. The lowest BCUT2D eigenvalue weighted by atomic mass is 10.1. The van der Waals surface area contributed by atoms with E-state index >= 15 is 0 Å². The van der Waals surface area contributed by atoms with Crippen LogP contribution in [0.1, 0.15) is 19.3 Å². The average molecular weight is 384 g/mol. The number of halogens is 3. The van der Waals surface area contributed by atoms with E-state index in [9.17, 15) is 18.4 Å². The first-order chi connectivity index (χ1) is 12.4. The quantitative estimate of drug-likeness (QED) is 0.822. The third kappa shape index (κ3) is 3.55. The number of hydrogen-bond donors (Lipinski definition) is 1. The summed E-state index contributed by atoms with van der Waals surface area (Å²) in [5.41, 5.74) is -0.632. The summed E-state index contributed by atoms with van der Waals surface area (Å²) in [6.45, 7) is 0. The van der Waals surface area contributed by atoms with Crippen LogP contribution in [0.3, 0.4) is 0 Å². The van der Waals surface area contributed by atoms with Crippen molar-refractivity contribution in [3.63, 3.8) is 0 Å². The molecule has 138 valence electrons. The summed E-state index contributed by atoms with van der Waals surface area (Å²) in [6.07, 6.45) is 3.25. The number of carbonyl (C=O) groups is 1. The van der Waals surface area contributed by atoms with Gasteiger partial charge in [-0.25, -0.2) is 8.78 Å². The fraction of sp³-hybridized carbons (Fsp3) is 0.353. The summed E-state index contributed by atoms with van der Waals surface area (Å²) in [7, 11) is 1.35. The van der Waals surface area contributed by atoms with Gasteiger partial charge in [-0.05, 0) is 31.4 Å². The minimum absolute atomic E-state index is 0.0591. The zero-order chi connectivity index (χ0) is 18.8. The molecule has 0 saturated heterocycles. The van der Waals surface area contributed by atoms with E-state index in [1.54, 1.807) is 0 Å². The second-order valence-corrected chi connectivity index (χ2v) is 6.44. The summed E-state index contributed by atoms with van der Waals surface area (Å²) in [6, 6.07) is 2.74. The molecule has 0 bridgehead atoms. The summed E-state index contributed by atoms with van der Waals surface area (Å²) in [5.74, 6) is -2.14. The average Bonchev–Trinajstić information content (AvgIpc) is 3.08. The van der Waals surface area contributed by atoms with Crippen LogP contribution in [0.4, 0.5) is 14.5 Å². The lowest BCUT2D eigenvalue weighted by molar-refractivity contribution is -0.145. The molecule has 1 aromatic carbocycles. The molecule has 1 fully saturated rings. The minimum atomic E-state index is -0.923. The highest BCUT2D eigenvalue weighted by Crippen LogP contribution is 2.30. The number of benzene rings is 1. The molecule has 2 atom stereocenters. The van der Waals surface area contributed by atoms with Crippen LogP contribution in [0.15, 0.2) is 29.2 Å². The Hall–Kier alpha value is -2.48. The van der Waals surface area contributed by atoms with Crippen molar-refractivity contribution in [1.82, 2.24) is 9.78 Å². The maximum Gasteiger partial charge on any atom is 0.308 e. The van der Waals surface area contributed by atoms with Gasteiger partial charge in [0.05, 0.1) is 24.9 Å². The van der Waals surface area contributed by atoms with E-state index < -0.39 is 17.2 Å². The first-order valence-electron chi connectivity index (χ1n) is 7.98. The van der Waals surface area contributed by atoms with E-state index in [2.05, 4.69) is 10.4 Å². The molecule has 26 heavy (non-hydrogen) atoms. The lowest BCUT2D eigenvalue weighted by Crippen LogP contribution is -2.26. The molecule has 2 aromatic rings. The molecule has 1 heterocycles. The molecule has 0 spiro atoms. The van der Waals surface area contributed by atoms with E-state index in [0.717, 1.165) is 16.8 Å². The van der Waals surface area contributed by atoms with Gasteiger partial charge in [-0.3, -0.25) is 9.59 Å². The second-order valence-electron chi connectivity index (χ2n) is 6.06. The van der Waals surface area contributed by atoms with E-state index in [1.165, 1.54) is 13.3 Å². The van der Waals surface area contributed by atoms with Gasteiger partial charge < -0.3 is 10.1 Å². The van der Waals surface area contributed by atoms with Gasteiger partial charge in [-0.2, -0.15) is 9.78 Å². The molecule has 1 saturated carbocycles. The number of rotatable bonds is 4. The molecule has 1 aliphatic carbocycles. The first-order valence-corrected chi connectivity index (χ1v) is 8.36. The Balaban J connectivity index is 1.82. The number of ether oxygens (including phenoxy) is 1. The highest BCUT2D eigenvalue weighted by molar-refractivity contribution is 6.33. The maximum atomic E-state index is 13.9. The van der Waals surface area contributed by atoms with E-state index in [4.69, 9.17) is 16.3 Å². The predicted octanol–water partition coefficient (Wildman–Crippen LogP) is 2.92. The zero-order valence-electron chi connectivity index (χ0n) is 13.8. The second kappa shape index (κ2) is 7.41. The minimum Gasteiger partial charge on any atom is -0.469 e. The number of methoxy groups -OCH3 is 1. The van der Waals surface area contributed by atoms with E-state index in [0.29, 0.717) is 31.0 Å². The predicted molar refractivity (Wildman–Crippen MR) is 91.5 cm³/mol. The number of nitrogens with one attached hydrogen (secondary N) is 1. The van der Waals surface area contributed by atoms with Crippen molar-refractivity contribution in [1.29, 1.82) is 0 Å². The fourth-order valence-corrected chi connectivity index (χ4v) is 3.25. The molecule has 1 aromatic heterocycles. The topological polar surface area (TPSA) is 73.2 Å². The highest BCUT2D eigenvalue weighted by atomic mass is 35.5. The number of aromatic nitrogens is 2. The molecule has 0 aliphatic heterocycles. The van der Waals surface area contributed by atoms with Crippen LogP contribution in [0.2, 0.25) is 5.02 Å². The highest BCUT2D eigenvalue weighted by Gasteiger charge is 2.31. The first kappa shape index (κ1) is 18.3. The summed E-state index contributed by atoms with van der Waals surface area (Å²) >= 11 is 6.11. The molecule has 6 nitrogen and oxygen atoms in total. The summed E-state index contributed by atoms with van der Waals surface area (Å²) in [4.78, 5) is 24.0. The standard InChI is InChI=1S/C17H16ClF2N3O3/c1-26-17(25)9-2-4-11(6-9)22-13-8-21-23(16(24)15(13)18)14-5-3-10(19)7-12(14)20/h3,5,7-9,11,22H,2,4,6H2,1H3/t9-,11+/m0/s1. The number of carbonyl (C=O) groups excluding carboxylic acids is 1. The molecular formula is C17H16ClF2N3O3. The SMILES string of the molecule is COC(=O)[C@H]1CC[C@@H](Nc2cnn(-c3ccc(F)cc3F)c(=O)c2Cl)C1. The van der Waals surface area contributed by atoms with Crippen LogP contribution in [0, 0.1) is 17.6 Å². The Morgan fingerprint density at radius 2 is 2.15 bits per heavy atom. The van der Waals surface area contributed by atoms with Gasteiger partial charge >= 0.3 is 5.97 Å². The van der Waals surface area contributed by atoms with Gasteiger partial charge in [-0.1, -0.05) is 11.6 Å². The van der Waals surface area contributed by atoms with Crippen molar-refractivity contribution >= 4 is 23.3 Å². The molecule has 3 rings (SSSR count). The number of nitrogens with zero attached hydrogens (tertiary/aromatic N) is 2. The molecule has 1 aliphatic rings. The van der Waals surface area contributed by atoms with Crippen LogP contribution >= 0.6 is 11.6 Å². The molecule has 9 heteroatoms. The van der Waals surface area contributed by atoms with Crippen molar-refractivity contribution < 1.29 is 18.3 Å². The third-order valence-electron chi connectivity index (χ3n) is 4.38. The smallest absolute Gasteiger partial charge is 0.308 e. The summed E-state index contributed by atoms with van der Waals surface area (Å²) < 4.78 is 32.4. The Morgan fingerprint density at radius 1 is 1.38 bits per heavy atom. The summed E-state index contributed by atoms with van der Waals surface area (Å²) in [5, 5.41) is 6.85. The van der Waals surface area contributed by atoms with Gasteiger partial charge in [0.25, 0.3) is 5.56 Å². The van der Waals surface area contributed by atoms with E-state index in [1.807, 2.05) is 0 Å². The van der Waals surface area contributed by atoms with Crippen molar-refractivity contribution in [3.05, 3.63) is 51.4 Å². The molecule has 0 unspecified atom stereocenters. The van der Waals surface area contributed by atoms with Crippen LogP contribution in [-0.2, 0) is 9.53 Å².